The maximum Gasteiger partial charge on any atom is 0.295 e. The molecule has 2 atom stereocenters. The Morgan fingerprint density at radius 2 is 1.56 bits per heavy atom. The van der Waals surface area contributed by atoms with Crippen molar-refractivity contribution in [2.45, 2.75) is 32.1 Å². The number of carbonyl (C=O) groups is 1. The molecule has 8 nitrogen and oxygen atoms in total. The van der Waals surface area contributed by atoms with E-state index < -0.39 is 15.9 Å². The van der Waals surface area contributed by atoms with Gasteiger partial charge in [0.2, 0.25) is 10.0 Å². The van der Waals surface area contributed by atoms with Crippen LogP contribution < -0.4 is 10.9 Å². The first-order valence-corrected chi connectivity index (χ1v) is 12.8. The average Bonchev–Trinajstić information content (AvgIpc) is 3.02. The highest BCUT2D eigenvalue weighted by Crippen LogP contribution is 2.27. The molecule has 1 fully saturated rings. The second kappa shape index (κ2) is 9.23. The molecule has 1 saturated heterocycles. The van der Waals surface area contributed by atoms with Crippen molar-refractivity contribution in [2.75, 3.05) is 18.4 Å². The molecule has 0 unspecified atom stereocenters. The van der Waals surface area contributed by atoms with Crippen molar-refractivity contribution in [3.63, 3.8) is 0 Å². The van der Waals surface area contributed by atoms with Gasteiger partial charge in [0.05, 0.1) is 16.3 Å². The summed E-state index contributed by atoms with van der Waals surface area (Å²) in [5.41, 5.74) is 1.41. The zero-order valence-electron chi connectivity index (χ0n) is 19.9. The van der Waals surface area contributed by atoms with Gasteiger partial charge in [-0.15, -0.1) is 0 Å². The van der Waals surface area contributed by atoms with E-state index in [0.29, 0.717) is 36.3 Å². The van der Waals surface area contributed by atoms with Crippen molar-refractivity contribution in [3.8, 4) is 5.69 Å². The summed E-state index contributed by atoms with van der Waals surface area (Å²) in [6.45, 7) is 6.87. The predicted molar refractivity (Wildman–Crippen MR) is 132 cm³/mol. The number of para-hydroxylation sites is 1. The molecule has 2 heterocycles. The molecule has 3 aromatic rings. The van der Waals surface area contributed by atoms with Crippen LogP contribution in [0.2, 0.25) is 0 Å². The summed E-state index contributed by atoms with van der Waals surface area (Å²) in [6.07, 6.45) is 1.01. The topological polar surface area (TPSA) is 93.4 Å². The Morgan fingerprint density at radius 3 is 2.15 bits per heavy atom. The average molecular weight is 483 g/mol. The molecule has 0 aliphatic carbocycles. The largest absolute Gasteiger partial charge is 0.316 e. The van der Waals surface area contributed by atoms with E-state index in [2.05, 4.69) is 19.2 Å². The van der Waals surface area contributed by atoms with Crippen LogP contribution in [0.3, 0.4) is 0 Å². The second-order valence-corrected chi connectivity index (χ2v) is 11.1. The molecule has 0 radical (unpaired) electrons. The highest BCUT2D eigenvalue weighted by atomic mass is 32.2. The van der Waals surface area contributed by atoms with Crippen molar-refractivity contribution in [2.24, 2.45) is 18.9 Å². The Balaban J connectivity index is 1.56. The van der Waals surface area contributed by atoms with Crippen LogP contribution in [0, 0.1) is 18.8 Å². The van der Waals surface area contributed by atoms with Crippen LogP contribution in [0.1, 0.15) is 36.3 Å². The van der Waals surface area contributed by atoms with Crippen LogP contribution in [-0.2, 0) is 17.1 Å². The summed E-state index contributed by atoms with van der Waals surface area (Å²) in [5.74, 6) is 0.130. The van der Waals surface area contributed by atoms with E-state index >= 15 is 0 Å². The number of aromatic nitrogens is 2. The summed E-state index contributed by atoms with van der Waals surface area (Å²) in [6, 6.07) is 15.0. The number of hydrogen-bond donors (Lipinski definition) is 1. The van der Waals surface area contributed by atoms with Gasteiger partial charge < -0.3 is 5.32 Å². The summed E-state index contributed by atoms with van der Waals surface area (Å²) in [5, 5.41) is 2.71. The number of amides is 1. The molecule has 9 heteroatoms. The number of piperidine rings is 1. The summed E-state index contributed by atoms with van der Waals surface area (Å²) in [4.78, 5) is 26.1. The number of nitrogens with zero attached hydrogens (tertiary/aromatic N) is 3. The number of anilines is 1. The fraction of sp³-hybridized carbons (Fsp3) is 0.360. The van der Waals surface area contributed by atoms with Gasteiger partial charge in [-0.05, 0) is 61.6 Å². The standard InChI is InChI=1S/C25H30N4O4S/c1-17-14-18(2)16-28(15-17)34(32,33)22-12-10-20(11-13-22)24(30)26-23-19(3)27(4)29(25(23)31)21-8-6-5-7-9-21/h5-13,17-18H,14-16H2,1-4H3,(H,26,30)/t17-,18-/m1/s1. The molecule has 1 amide bonds. The number of carbonyl (C=O) groups excluding carboxylic acids is 1. The monoisotopic (exact) mass is 482 g/mol. The quantitative estimate of drug-likeness (QED) is 0.603. The first-order valence-electron chi connectivity index (χ1n) is 11.3. The molecule has 4 rings (SSSR count). The zero-order chi connectivity index (χ0) is 24.6. The molecule has 1 aliphatic heterocycles. The van der Waals surface area contributed by atoms with E-state index in [1.54, 1.807) is 18.7 Å². The Kier molecular flexibility index (Phi) is 6.51. The van der Waals surface area contributed by atoms with E-state index in [-0.39, 0.29) is 21.7 Å². The van der Waals surface area contributed by atoms with Crippen LogP contribution in [-0.4, -0.2) is 41.1 Å². The minimum atomic E-state index is -3.63. The normalized spacial score (nSPS) is 19.2. The van der Waals surface area contributed by atoms with Crippen LogP contribution in [0.15, 0.2) is 64.3 Å². The number of sulfonamides is 1. The predicted octanol–water partition coefficient (Wildman–Crippen LogP) is 3.40. The molecule has 1 aromatic heterocycles. The van der Waals surface area contributed by atoms with Crippen LogP contribution in [0.4, 0.5) is 5.69 Å². The van der Waals surface area contributed by atoms with Crippen LogP contribution in [0.5, 0.6) is 0 Å². The summed E-state index contributed by atoms with van der Waals surface area (Å²) >= 11 is 0. The van der Waals surface area contributed by atoms with Gasteiger partial charge in [-0.1, -0.05) is 32.0 Å². The number of rotatable bonds is 5. The fourth-order valence-electron chi connectivity index (χ4n) is 4.63. The molecule has 0 saturated carbocycles. The van der Waals surface area contributed by atoms with Gasteiger partial charge in [-0.3, -0.25) is 14.3 Å². The second-order valence-electron chi connectivity index (χ2n) is 9.18. The molecule has 2 aromatic carbocycles. The summed E-state index contributed by atoms with van der Waals surface area (Å²) in [7, 11) is -1.88. The van der Waals surface area contributed by atoms with E-state index in [1.165, 1.54) is 33.3 Å². The van der Waals surface area contributed by atoms with Gasteiger partial charge in [0.25, 0.3) is 11.5 Å². The molecule has 1 N–H and O–H groups in total. The van der Waals surface area contributed by atoms with Crippen molar-refractivity contribution in [1.29, 1.82) is 0 Å². The molecule has 0 spiro atoms. The Bertz CT molecular complexity index is 1350. The minimum Gasteiger partial charge on any atom is -0.316 e. The van der Waals surface area contributed by atoms with Crippen LogP contribution in [0.25, 0.3) is 5.69 Å². The Morgan fingerprint density at radius 1 is 0.971 bits per heavy atom. The molecule has 1 aliphatic rings. The molecule has 180 valence electrons. The highest BCUT2D eigenvalue weighted by Gasteiger charge is 2.31. The number of benzene rings is 2. The SMILES string of the molecule is Cc1c(NC(=O)c2ccc(S(=O)(=O)N3C[C@H](C)C[C@@H](C)C3)cc2)c(=O)n(-c2ccccc2)n1C. The van der Waals surface area contributed by atoms with Gasteiger partial charge in [0, 0.05) is 25.7 Å². The van der Waals surface area contributed by atoms with Gasteiger partial charge in [-0.25, -0.2) is 13.1 Å². The van der Waals surface area contributed by atoms with E-state index in [9.17, 15) is 18.0 Å². The molecule has 0 bridgehead atoms. The van der Waals surface area contributed by atoms with E-state index in [1.807, 2.05) is 30.3 Å². The van der Waals surface area contributed by atoms with Gasteiger partial charge >= 0.3 is 0 Å². The van der Waals surface area contributed by atoms with Gasteiger partial charge in [0.15, 0.2) is 0 Å². The minimum absolute atomic E-state index is 0.160. The Labute approximate surface area is 199 Å². The lowest BCUT2D eigenvalue weighted by Gasteiger charge is -2.34. The highest BCUT2D eigenvalue weighted by molar-refractivity contribution is 7.89. The first kappa shape index (κ1) is 24.0. The summed E-state index contributed by atoms with van der Waals surface area (Å²) < 4.78 is 30.9. The third-order valence-corrected chi connectivity index (χ3v) is 8.23. The maximum absolute atomic E-state index is 13.1. The van der Waals surface area contributed by atoms with Gasteiger partial charge in [0.1, 0.15) is 5.69 Å². The van der Waals surface area contributed by atoms with Crippen molar-refractivity contribution < 1.29 is 13.2 Å². The lowest BCUT2D eigenvalue weighted by atomic mass is 9.94. The molecular weight excluding hydrogens is 452 g/mol. The van der Waals surface area contributed by atoms with Crippen LogP contribution >= 0.6 is 0 Å². The van der Waals surface area contributed by atoms with Gasteiger partial charge in [-0.2, -0.15) is 4.31 Å². The fourth-order valence-corrected chi connectivity index (χ4v) is 6.31. The lowest BCUT2D eigenvalue weighted by Crippen LogP contribution is -2.42. The molecule has 34 heavy (non-hydrogen) atoms. The zero-order valence-corrected chi connectivity index (χ0v) is 20.7. The third kappa shape index (κ3) is 4.45. The number of hydrogen-bond acceptors (Lipinski definition) is 4. The number of nitrogens with one attached hydrogen (secondary N) is 1. The van der Waals surface area contributed by atoms with Crippen molar-refractivity contribution in [3.05, 3.63) is 76.2 Å². The smallest absolute Gasteiger partial charge is 0.295 e. The molecular formula is C25H30N4O4S. The Hall–Kier alpha value is -3.17. The van der Waals surface area contributed by atoms with Crippen molar-refractivity contribution in [1.82, 2.24) is 13.7 Å². The van der Waals surface area contributed by atoms with E-state index in [0.717, 1.165) is 6.42 Å². The van der Waals surface area contributed by atoms with E-state index in [4.69, 9.17) is 0 Å². The third-order valence-electron chi connectivity index (χ3n) is 6.38. The van der Waals surface area contributed by atoms with Crippen molar-refractivity contribution >= 4 is 21.6 Å². The first-order chi connectivity index (χ1) is 16.1. The maximum atomic E-state index is 13.1. The lowest BCUT2D eigenvalue weighted by molar-refractivity contribution is 0.102.